The molecular weight excluding hydrogens is 1000 g/mol. The van der Waals surface area contributed by atoms with Crippen molar-refractivity contribution in [2.45, 2.75) is 166 Å². The van der Waals surface area contributed by atoms with E-state index in [-0.39, 0.29) is 49.7 Å². The number of aromatic nitrogens is 4. The Morgan fingerprint density at radius 3 is 2.42 bits per heavy atom. The zero-order valence-electron chi connectivity index (χ0n) is 45.5. The number of ether oxygens (including phenoxy) is 2. The summed E-state index contributed by atoms with van der Waals surface area (Å²) in [5, 5.41) is 112. The molecule has 2 aromatic heterocycles. The van der Waals surface area contributed by atoms with E-state index in [0.717, 1.165) is 11.3 Å². The Balaban J connectivity index is 1.11. The summed E-state index contributed by atoms with van der Waals surface area (Å²) in [4.78, 5) is 45.8. The van der Waals surface area contributed by atoms with Crippen molar-refractivity contribution in [3.8, 4) is 11.8 Å². The SMILES string of the molecule is C[C@]1(CO)CC[C@]2(C(=O)O)[C@@H]3CNc4nc[nH]c4C[C@@H]3[C@]3(C)C(=C[C@@H]4C#C[C@@H]5CCC[C@@]56C(=O)N[C@H]([C@@H](c5cnc[nH]5)[C@H](O)C[C@@H](N)O)[C@H]6C[C@H]5[C@@H](O)[C@@H](O[C@@H]6OC[C@@H](O)[C@H](O)[C@H]6O)[C@@](C)(CO)[C@H]6CC[C@]3(C)[C@H]4[C@]65C)[C@@H]2C1. The van der Waals surface area contributed by atoms with Gasteiger partial charge in [-0.1, -0.05) is 64.5 Å². The van der Waals surface area contributed by atoms with Crippen LogP contribution in [0, 0.1) is 103 Å². The van der Waals surface area contributed by atoms with Crippen LogP contribution in [0.5, 0.6) is 0 Å². The molecule has 7 aliphatic carbocycles. The van der Waals surface area contributed by atoms with Gasteiger partial charge >= 0.3 is 5.97 Å². The number of aliphatic hydroxyl groups is 8. The van der Waals surface area contributed by atoms with E-state index in [2.05, 4.69) is 71.2 Å². The summed E-state index contributed by atoms with van der Waals surface area (Å²) in [7, 11) is 0. The molecule has 10 aliphatic rings. The van der Waals surface area contributed by atoms with Crippen LogP contribution in [-0.2, 0) is 25.5 Å². The van der Waals surface area contributed by atoms with E-state index < -0.39 is 147 Å². The van der Waals surface area contributed by atoms with Gasteiger partial charge in [0.25, 0.3) is 0 Å². The number of nitrogens with two attached hydrogens (primary N) is 1. The van der Waals surface area contributed by atoms with Crippen molar-refractivity contribution in [1.82, 2.24) is 25.3 Å². The number of carbonyl (C=O) groups is 2. The molecule has 5 heterocycles. The number of aromatic amines is 2. The fourth-order valence-corrected chi connectivity index (χ4v) is 20.6. The third kappa shape index (κ3) is 7.24. The van der Waals surface area contributed by atoms with Gasteiger partial charge in [-0.05, 0) is 121 Å². The molecule has 1 amide bonds. The Bertz CT molecular complexity index is 2750. The molecule has 428 valence electrons. The number of fused-ring (bicyclic) bond motifs is 8. The zero-order chi connectivity index (χ0) is 55.4. The Morgan fingerprint density at radius 2 is 1.72 bits per heavy atom. The fraction of sp³-hybridized carbons (Fsp3) is 0.793. The van der Waals surface area contributed by atoms with Crippen molar-refractivity contribution in [3.05, 3.63) is 41.9 Å². The maximum absolute atomic E-state index is 15.5. The predicted molar refractivity (Wildman–Crippen MR) is 280 cm³/mol. The number of anilines is 1. The van der Waals surface area contributed by atoms with Gasteiger partial charge in [0, 0.05) is 60.7 Å². The van der Waals surface area contributed by atoms with E-state index in [1.807, 2.05) is 6.92 Å². The number of nitrogens with zero attached hydrogens (tertiary/aromatic N) is 2. The van der Waals surface area contributed by atoms with Crippen LogP contribution in [0.1, 0.15) is 116 Å². The number of H-pyrrole nitrogens is 2. The van der Waals surface area contributed by atoms with Crippen LogP contribution in [0.25, 0.3) is 0 Å². The summed E-state index contributed by atoms with van der Waals surface area (Å²) in [6, 6.07) is -0.785. The molecule has 5 saturated carbocycles. The minimum absolute atomic E-state index is 0.100. The molecule has 0 radical (unpaired) electrons. The van der Waals surface area contributed by atoms with Crippen LogP contribution >= 0.6 is 0 Å². The molecule has 0 bridgehead atoms. The lowest BCUT2D eigenvalue weighted by molar-refractivity contribution is -0.343. The normalized spacial score (nSPS) is 50.1. The minimum Gasteiger partial charge on any atom is -0.481 e. The molecule has 2 aromatic rings. The van der Waals surface area contributed by atoms with E-state index in [1.54, 1.807) is 12.5 Å². The van der Waals surface area contributed by atoms with Gasteiger partial charge in [-0.3, -0.25) is 9.59 Å². The summed E-state index contributed by atoms with van der Waals surface area (Å²) >= 11 is 0. The minimum atomic E-state index is -1.70. The van der Waals surface area contributed by atoms with Gasteiger partial charge < -0.3 is 81.8 Å². The van der Waals surface area contributed by atoms with E-state index in [0.29, 0.717) is 75.8 Å². The molecule has 20 heteroatoms. The van der Waals surface area contributed by atoms with Gasteiger partial charge in [-0.15, -0.1) is 0 Å². The molecule has 0 aromatic carbocycles. The van der Waals surface area contributed by atoms with Crippen LogP contribution in [-0.4, -0.2) is 159 Å². The average Bonchev–Trinajstić information content (AvgIpc) is 1.24. The lowest BCUT2D eigenvalue weighted by atomic mass is 9.28. The highest BCUT2D eigenvalue weighted by Gasteiger charge is 2.79. The quantitative estimate of drug-likeness (QED) is 0.0698. The lowest BCUT2D eigenvalue weighted by Crippen LogP contribution is -2.75. The number of rotatable bonds is 10. The molecule has 3 aliphatic heterocycles. The van der Waals surface area contributed by atoms with Gasteiger partial charge in [0.05, 0.1) is 60.7 Å². The maximum atomic E-state index is 15.5. The number of carboxylic acid groups (broad SMARTS) is 1. The molecule has 20 nitrogen and oxygen atoms in total. The number of aliphatic hydroxyl groups excluding tert-OH is 8. The molecule has 7 fully saturated rings. The first kappa shape index (κ1) is 54.6. The maximum Gasteiger partial charge on any atom is 0.310 e. The van der Waals surface area contributed by atoms with Crippen LogP contribution < -0.4 is 16.4 Å². The Labute approximate surface area is 455 Å². The van der Waals surface area contributed by atoms with Crippen LogP contribution in [0.4, 0.5) is 5.82 Å². The predicted octanol–water partition coefficient (Wildman–Crippen LogP) is 1.75. The topological polar surface area (TPSA) is 342 Å². The van der Waals surface area contributed by atoms with Crippen LogP contribution in [0.2, 0.25) is 0 Å². The average molecular weight is 1090 g/mol. The third-order valence-electron chi connectivity index (χ3n) is 24.4. The standard InChI is InChI=1S/C58H83N7O13/c1-52(23-66)13-14-58(51(75)76)33(19-52)29-15-27-8-9-28-7-6-11-57(28)31(42(65-50(57)74)41(36-21-60-25-62-36)37(68)18-40(59)70)16-32-43(71)47(78-49-45(73)44(72)38(69)22-77-49)53(2,24-67)39-10-12-54(3,46(27)55(32,39)4)56(29,5)30-17-35-48(64-26-63-35)61-20-34(30)58/h15,21,25-28,30-34,37-47,49,61,66-73H,6-7,10-14,16-20,22-24,59H2,1-5H3,(H,60,62)(H,63,64)(H,65,74)(H,75,76)/t27-,28-,30-,31+,32-,33-,34+,37+,38+,39+,40-,41-,42-,43+,44-,45+,46-,47+,49-,52-,53-,54+,55-,56-,57+,58+/m0/s1. The van der Waals surface area contributed by atoms with Crippen molar-refractivity contribution in [2.75, 3.05) is 31.7 Å². The summed E-state index contributed by atoms with van der Waals surface area (Å²) in [6.07, 6.45) is 0.305. The highest BCUT2D eigenvalue weighted by Crippen LogP contribution is 2.80. The Hall–Kier alpha value is -3.98. The first-order valence-corrected chi connectivity index (χ1v) is 28.8. The van der Waals surface area contributed by atoms with Crippen molar-refractivity contribution < 1.29 is 65.0 Å². The number of allylic oxidation sites excluding steroid dienone is 2. The lowest BCUT2D eigenvalue weighted by Gasteiger charge is -2.76. The van der Waals surface area contributed by atoms with Crippen molar-refractivity contribution in [1.29, 1.82) is 0 Å². The van der Waals surface area contributed by atoms with Gasteiger partial charge in [0.15, 0.2) is 6.29 Å². The number of nitrogens with one attached hydrogen (secondary N) is 4. The molecule has 2 saturated heterocycles. The number of hydrogen-bond acceptors (Lipinski definition) is 16. The number of amides is 1. The number of aliphatic carboxylic acids is 1. The second kappa shape index (κ2) is 18.8. The monoisotopic (exact) mass is 1090 g/mol. The molecule has 0 unspecified atom stereocenters. The highest BCUT2D eigenvalue weighted by molar-refractivity contribution is 5.87. The van der Waals surface area contributed by atoms with Crippen molar-refractivity contribution in [2.24, 2.45) is 96.9 Å². The molecule has 12 rings (SSSR count). The summed E-state index contributed by atoms with van der Waals surface area (Å²) in [6.45, 7) is 10.4. The fourth-order valence-electron chi connectivity index (χ4n) is 20.6. The Kier molecular flexibility index (Phi) is 13.1. The molecule has 78 heavy (non-hydrogen) atoms. The molecular formula is C58H83N7O13. The van der Waals surface area contributed by atoms with Crippen LogP contribution in [0.3, 0.4) is 0 Å². The van der Waals surface area contributed by atoms with Gasteiger partial charge in [-0.2, -0.15) is 0 Å². The second-order valence-electron chi connectivity index (χ2n) is 27.4. The first-order chi connectivity index (χ1) is 37.0. The van der Waals surface area contributed by atoms with Crippen LogP contribution in [0.15, 0.2) is 30.5 Å². The third-order valence-corrected chi connectivity index (χ3v) is 24.4. The first-order valence-electron chi connectivity index (χ1n) is 28.8. The van der Waals surface area contributed by atoms with Gasteiger partial charge in [-0.25, -0.2) is 9.97 Å². The smallest absolute Gasteiger partial charge is 0.310 e. The van der Waals surface area contributed by atoms with Crippen molar-refractivity contribution >= 4 is 17.7 Å². The summed E-state index contributed by atoms with van der Waals surface area (Å²) < 4.78 is 12.7. The number of carboxylic acids is 1. The summed E-state index contributed by atoms with van der Waals surface area (Å²) in [5.41, 5.74) is 1.92. The zero-order valence-corrected chi connectivity index (χ0v) is 45.5. The molecule has 15 N–H and O–H groups in total. The molecule has 26 atom stereocenters. The van der Waals surface area contributed by atoms with Gasteiger partial charge in [0.2, 0.25) is 5.91 Å². The number of imidazole rings is 2. The number of carbonyl (C=O) groups excluding carboxylic acids is 1. The van der Waals surface area contributed by atoms with E-state index in [4.69, 9.17) is 20.2 Å². The number of hydrogen-bond donors (Lipinski definition) is 14. The highest BCUT2D eigenvalue weighted by atomic mass is 16.7. The largest absolute Gasteiger partial charge is 0.481 e. The van der Waals surface area contributed by atoms with Crippen molar-refractivity contribution in [3.63, 3.8) is 0 Å². The van der Waals surface area contributed by atoms with E-state index in [1.165, 1.54) is 6.33 Å². The molecule has 1 spiro atoms. The summed E-state index contributed by atoms with van der Waals surface area (Å²) in [5.74, 6) is 2.21. The van der Waals surface area contributed by atoms with E-state index >= 15 is 4.79 Å². The van der Waals surface area contributed by atoms with E-state index in [9.17, 15) is 50.8 Å². The second-order valence-corrected chi connectivity index (χ2v) is 27.4. The Morgan fingerprint density at radius 1 is 0.936 bits per heavy atom. The van der Waals surface area contributed by atoms with Gasteiger partial charge in [0.1, 0.15) is 30.4 Å².